The highest BCUT2D eigenvalue weighted by Gasteiger charge is 2.12. The third-order valence-electron chi connectivity index (χ3n) is 2.67. The summed E-state index contributed by atoms with van der Waals surface area (Å²) >= 11 is 2.79. The summed E-state index contributed by atoms with van der Waals surface area (Å²) in [5.41, 5.74) is 1.26. The number of nitrogens with zero attached hydrogens (tertiary/aromatic N) is 2. The van der Waals surface area contributed by atoms with Crippen LogP contribution in [0.15, 0.2) is 10.8 Å². The molecule has 1 amide bonds. The fourth-order valence-electron chi connectivity index (χ4n) is 1.62. The maximum Gasteiger partial charge on any atom is 0.305 e. The van der Waals surface area contributed by atoms with E-state index in [0.717, 1.165) is 10.7 Å². The first-order valence-electron chi connectivity index (χ1n) is 6.33. The van der Waals surface area contributed by atoms with Gasteiger partial charge in [-0.05, 0) is 19.8 Å². The summed E-state index contributed by atoms with van der Waals surface area (Å²) in [7, 11) is 1.37. The van der Waals surface area contributed by atoms with Crippen LogP contribution in [0.1, 0.15) is 34.0 Å². The smallest absolute Gasteiger partial charge is 0.305 e. The number of aromatic nitrogens is 2. The number of ether oxygens (including phenoxy) is 1. The van der Waals surface area contributed by atoms with Gasteiger partial charge in [-0.25, -0.2) is 9.97 Å². The monoisotopic (exact) mass is 325 g/mol. The fourth-order valence-corrected chi connectivity index (χ4v) is 2.96. The molecule has 6 nitrogen and oxygen atoms in total. The third-order valence-corrected chi connectivity index (χ3v) is 4.25. The first-order valence-corrected chi connectivity index (χ1v) is 8.09. The molecule has 0 aromatic carbocycles. The topological polar surface area (TPSA) is 81.2 Å². The zero-order valence-corrected chi connectivity index (χ0v) is 13.3. The molecule has 112 valence electrons. The molecule has 0 saturated heterocycles. The Bertz CT molecular complexity index is 636. The van der Waals surface area contributed by atoms with E-state index in [4.69, 9.17) is 0 Å². The van der Waals surface area contributed by atoms with Gasteiger partial charge in [-0.3, -0.25) is 14.9 Å². The van der Waals surface area contributed by atoms with Gasteiger partial charge in [0.05, 0.1) is 17.8 Å². The minimum atomic E-state index is -0.255. The molecule has 0 saturated carbocycles. The van der Waals surface area contributed by atoms with Gasteiger partial charge in [0.1, 0.15) is 5.69 Å². The number of aryl methyl sites for hydroxylation is 2. The predicted molar refractivity (Wildman–Crippen MR) is 81.9 cm³/mol. The minimum Gasteiger partial charge on any atom is -0.469 e. The Hall–Kier alpha value is -1.80. The van der Waals surface area contributed by atoms with Crippen LogP contribution in [0, 0.1) is 6.92 Å². The minimum absolute atomic E-state index is 0.224. The van der Waals surface area contributed by atoms with E-state index in [1.165, 1.54) is 29.8 Å². The van der Waals surface area contributed by atoms with Crippen LogP contribution in [0.25, 0.3) is 0 Å². The Morgan fingerprint density at radius 1 is 1.29 bits per heavy atom. The maximum absolute atomic E-state index is 11.9. The van der Waals surface area contributed by atoms with Gasteiger partial charge in [-0.2, -0.15) is 0 Å². The van der Waals surface area contributed by atoms with Gasteiger partial charge in [0.15, 0.2) is 5.13 Å². The molecule has 0 aliphatic rings. The molecular formula is C13H15N3O3S2. The molecule has 8 heteroatoms. The SMILES string of the molecule is COC(=O)CCCc1csc(NC(=O)c2csc(C)n2)n1. The second-order valence-corrected chi connectivity index (χ2v) is 6.20. The normalized spacial score (nSPS) is 10.4. The van der Waals surface area contributed by atoms with Crippen LogP contribution < -0.4 is 5.32 Å². The molecule has 2 aromatic rings. The van der Waals surface area contributed by atoms with E-state index in [-0.39, 0.29) is 11.9 Å². The standard InChI is InChI=1S/C13H15N3O3S2/c1-8-14-10(7-20-8)12(18)16-13-15-9(6-21-13)4-3-5-11(17)19-2/h6-7H,3-5H2,1-2H3,(H,15,16,18). The van der Waals surface area contributed by atoms with E-state index in [0.29, 0.717) is 30.1 Å². The number of esters is 1. The summed E-state index contributed by atoms with van der Waals surface area (Å²) in [5.74, 6) is -0.479. The Labute approximate surface area is 130 Å². The lowest BCUT2D eigenvalue weighted by Gasteiger charge is -1.98. The van der Waals surface area contributed by atoms with Crippen molar-refractivity contribution in [3.63, 3.8) is 0 Å². The zero-order chi connectivity index (χ0) is 15.2. The van der Waals surface area contributed by atoms with E-state index in [1.807, 2.05) is 12.3 Å². The maximum atomic E-state index is 11.9. The first kappa shape index (κ1) is 15.6. The van der Waals surface area contributed by atoms with Gasteiger partial charge in [-0.1, -0.05) is 0 Å². The summed E-state index contributed by atoms with van der Waals surface area (Å²) in [6.07, 6.45) is 1.72. The third kappa shape index (κ3) is 4.61. The average Bonchev–Trinajstić information content (AvgIpc) is 3.08. The molecule has 0 unspecified atom stereocenters. The van der Waals surface area contributed by atoms with Gasteiger partial charge in [-0.15, -0.1) is 22.7 Å². The van der Waals surface area contributed by atoms with Crippen LogP contribution >= 0.6 is 22.7 Å². The molecule has 2 rings (SSSR count). The summed E-state index contributed by atoms with van der Waals surface area (Å²) < 4.78 is 4.58. The largest absolute Gasteiger partial charge is 0.469 e. The van der Waals surface area contributed by atoms with E-state index >= 15 is 0 Å². The van der Waals surface area contributed by atoms with Crippen LogP contribution in [0.3, 0.4) is 0 Å². The molecule has 0 aliphatic carbocycles. The lowest BCUT2D eigenvalue weighted by atomic mass is 10.2. The number of hydrogen-bond donors (Lipinski definition) is 1. The molecule has 0 aliphatic heterocycles. The fraction of sp³-hybridized carbons (Fsp3) is 0.385. The summed E-state index contributed by atoms with van der Waals surface area (Å²) in [6, 6.07) is 0. The van der Waals surface area contributed by atoms with Crippen LogP contribution in [0.4, 0.5) is 5.13 Å². The number of amides is 1. The second-order valence-electron chi connectivity index (χ2n) is 4.28. The van der Waals surface area contributed by atoms with Gasteiger partial charge >= 0.3 is 5.97 Å². The number of anilines is 1. The van der Waals surface area contributed by atoms with Crippen LogP contribution in [-0.4, -0.2) is 29.0 Å². The molecule has 0 atom stereocenters. The van der Waals surface area contributed by atoms with Crippen molar-refractivity contribution in [2.75, 3.05) is 12.4 Å². The van der Waals surface area contributed by atoms with Crippen molar-refractivity contribution in [1.29, 1.82) is 0 Å². The lowest BCUT2D eigenvalue weighted by molar-refractivity contribution is -0.140. The molecule has 0 bridgehead atoms. The number of nitrogens with one attached hydrogen (secondary N) is 1. The molecular weight excluding hydrogens is 310 g/mol. The summed E-state index contributed by atoms with van der Waals surface area (Å²) in [5, 5.41) is 7.71. The van der Waals surface area contributed by atoms with Gasteiger partial charge in [0.2, 0.25) is 0 Å². The Morgan fingerprint density at radius 2 is 2.10 bits per heavy atom. The molecule has 0 radical (unpaired) electrons. The average molecular weight is 325 g/mol. The Balaban J connectivity index is 1.85. The second kappa shape index (κ2) is 7.28. The van der Waals surface area contributed by atoms with Crippen molar-refractivity contribution in [1.82, 2.24) is 9.97 Å². The van der Waals surface area contributed by atoms with Gasteiger partial charge in [0, 0.05) is 17.2 Å². The lowest BCUT2D eigenvalue weighted by Crippen LogP contribution is -2.12. The van der Waals surface area contributed by atoms with E-state index < -0.39 is 0 Å². The highest BCUT2D eigenvalue weighted by atomic mass is 32.1. The molecule has 0 fully saturated rings. The van der Waals surface area contributed by atoms with Crippen molar-refractivity contribution in [2.45, 2.75) is 26.2 Å². The highest BCUT2D eigenvalue weighted by Crippen LogP contribution is 2.18. The van der Waals surface area contributed by atoms with Gasteiger partial charge < -0.3 is 4.74 Å². The molecule has 1 N–H and O–H groups in total. The van der Waals surface area contributed by atoms with E-state index in [9.17, 15) is 9.59 Å². The van der Waals surface area contributed by atoms with Crippen molar-refractivity contribution in [3.8, 4) is 0 Å². The number of methoxy groups -OCH3 is 1. The van der Waals surface area contributed by atoms with Crippen molar-refractivity contribution in [3.05, 3.63) is 27.2 Å². The number of carbonyl (C=O) groups is 2. The molecule has 2 aromatic heterocycles. The van der Waals surface area contributed by atoms with Crippen LogP contribution in [-0.2, 0) is 16.0 Å². The van der Waals surface area contributed by atoms with Crippen molar-refractivity contribution >= 4 is 39.7 Å². The number of thiazole rings is 2. The van der Waals surface area contributed by atoms with E-state index in [2.05, 4.69) is 20.0 Å². The zero-order valence-electron chi connectivity index (χ0n) is 11.7. The quantitative estimate of drug-likeness (QED) is 0.826. The highest BCUT2D eigenvalue weighted by molar-refractivity contribution is 7.14. The summed E-state index contributed by atoms with van der Waals surface area (Å²) in [6.45, 7) is 1.85. The molecule has 0 spiro atoms. The van der Waals surface area contributed by atoms with E-state index in [1.54, 1.807) is 5.38 Å². The predicted octanol–water partition coefficient (Wildman–Crippen LogP) is 2.66. The Kier molecular flexibility index (Phi) is 5.40. The Morgan fingerprint density at radius 3 is 2.76 bits per heavy atom. The van der Waals surface area contributed by atoms with Gasteiger partial charge in [0.25, 0.3) is 5.91 Å². The number of carbonyl (C=O) groups excluding carboxylic acids is 2. The number of hydrogen-bond acceptors (Lipinski definition) is 7. The first-order chi connectivity index (χ1) is 10.1. The molecule has 2 heterocycles. The van der Waals surface area contributed by atoms with Crippen molar-refractivity contribution < 1.29 is 14.3 Å². The van der Waals surface area contributed by atoms with Crippen LogP contribution in [0.5, 0.6) is 0 Å². The number of rotatable bonds is 6. The summed E-state index contributed by atoms with van der Waals surface area (Å²) in [4.78, 5) is 31.4. The van der Waals surface area contributed by atoms with Crippen molar-refractivity contribution in [2.24, 2.45) is 0 Å². The molecule has 21 heavy (non-hydrogen) atoms. The van der Waals surface area contributed by atoms with Crippen LogP contribution in [0.2, 0.25) is 0 Å².